The van der Waals surface area contributed by atoms with E-state index < -0.39 is 0 Å². The van der Waals surface area contributed by atoms with Crippen molar-refractivity contribution >= 4 is 17.6 Å². The number of hydrogen-bond acceptors (Lipinski definition) is 3. The Morgan fingerprint density at radius 3 is 2.94 bits per heavy atom. The van der Waals surface area contributed by atoms with Crippen molar-refractivity contribution in [1.29, 1.82) is 0 Å². The molecule has 3 nitrogen and oxygen atoms in total. The van der Waals surface area contributed by atoms with E-state index in [4.69, 9.17) is 21.1 Å². The van der Waals surface area contributed by atoms with Gasteiger partial charge >= 0.3 is 5.97 Å². The fourth-order valence-corrected chi connectivity index (χ4v) is 3.33. The van der Waals surface area contributed by atoms with Crippen LogP contribution in [0, 0.1) is 0 Å². The quantitative estimate of drug-likeness (QED) is 0.730. The van der Waals surface area contributed by atoms with Crippen LogP contribution in [0.25, 0.3) is 0 Å². The molecule has 0 radical (unpaired) electrons. The van der Waals surface area contributed by atoms with E-state index in [0.29, 0.717) is 16.5 Å². The maximum absolute atomic E-state index is 11.9. The largest absolute Gasteiger partial charge is 0.489 e. The van der Waals surface area contributed by atoms with Crippen LogP contribution in [0.3, 0.4) is 0 Å². The molecule has 2 aliphatic rings. The van der Waals surface area contributed by atoms with Crippen LogP contribution in [0.2, 0.25) is 5.02 Å². The molecule has 96 valence electrons. The first-order valence-corrected chi connectivity index (χ1v) is 6.67. The first-order chi connectivity index (χ1) is 8.72. The molecule has 0 saturated heterocycles. The number of methoxy groups -OCH3 is 1. The van der Waals surface area contributed by atoms with Crippen molar-refractivity contribution in [3.63, 3.8) is 0 Å². The molecule has 0 N–H and O–H groups in total. The van der Waals surface area contributed by atoms with Crippen molar-refractivity contribution in [3.05, 3.63) is 28.3 Å². The molecular weight excluding hydrogens is 252 g/mol. The van der Waals surface area contributed by atoms with Crippen LogP contribution in [0.4, 0.5) is 0 Å². The molecule has 1 aromatic carbocycles. The average molecular weight is 267 g/mol. The van der Waals surface area contributed by atoms with Gasteiger partial charge in [-0.25, -0.2) is 4.79 Å². The Hall–Kier alpha value is -1.22. The zero-order chi connectivity index (χ0) is 12.7. The monoisotopic (exact) mass is 266 g/mol. The predicted octanol–water partition coefficient (Wildman–Crippen LogP) is 3.55. The van der Waals surface area contributed by atoms with E-state index in [2.05, 4.69) is 0 Å². The van der Waals surface area contributed by atoms with E-state index in [-0.39, 0.29) is 12.1 Å². The molecule has 1 fully saturated rings. The Kier molecular flexibility index (Phi) is 2.94. The number of benzene rings is 1. The fraction of sp³-hybridized carbons (Fsp3) is 0.500. The highest BCUT2D eigenvalue weighted by Gasteiger charge is 2.39. The van der Waals surface area contributed by atoms with Gasteiger partial charge < -0.3 is 9.47 Å². The number of fused-ring (bicyclic) bond motifs is 3. The van der Waals surface area contributed by atoms with Gasteiger partial charge in [-0.05, 0) is 31.4 Å². The average Bonchev–Trinajstić information content (AvgIpc) is 2.76. The van der Waals surface area contributed by atoms with Gasteiger partial charge in [0.15, 0.2) is 0 Å². The van der Waals surface area contributed by atoms with Gasteiger partial charge in [-0.15, -0.1) is 0 Å². The third-order valence-electron chi connectivity index (χ3n) is 3.90. The summed E-state index contributed by atoms with van der Waals surface area (Å²) in [6.07, 6.45) is 4.68. The maximum atomic E-state index is 11.9. The lowest BCUT2D eigenvalue weighted by Gasteiger charge is -2.24. The molecule has 0 bridgehead atoms. The number of carbonyl (C=O) groups excluding carboxylic acids is 1. The summed E-state index contributed by atoms with van der Waals surface area (Å²) in [4.78, 5) is 11.9. The zero-order valence-corrected chi connectivity index (χ0v) is 11.0. The summed E-state index contributed by atoms with van der Waals surface area (Å²) in [5, 5.41) is 0.454. The highest BCUT2D eigenvalue weighted by molar-refractivity contribution is 6.34. The number of ether oxygens (including phenoxy) is 2. The van der Waals surface area contributed by atoms with Gasteiger partial charge in [0.05, 0.1) is 17.7 Å². The summed E-state index contributed by atoms with van der Waals surface area (Å²) in [5.74, 6) is 0.727. The molecule has 1 aromatic rings. The molecule has 1 aliphatic carbocycles. The lowest BCUT2D eigenvalue weighted by Crippen LogP contribution is -2.23. The van der Waals surface area contributed by atoms with Crippen molar-refractivity contribution in [2.24, 2.45) is 0 Å². The Morgan fingerprint density at radius 2 is 2.17 bits per heavy atom. The van der Waals surface area contributed by atoms with Crippen LogP contribution in [0.15, 0.2) is 12.1 Å². The van der Waals surface area contributed by atoms with E-state index in [1.165, 1.54) is 20.0 Å². The summed E-state index contributed by atoms with van der Waals surface area (Å²) in [5.41, 5.74) is 1.45. The van der Waals surface area contributed by atoms with Crippen molar-refractivity contribution in [1.82, 2.24) is 0 Å². The van der Waals surface area contributed by atoms with Crippen LogP contribution < -0.4 is 4.74 Å². The summed E-state index contributed by atoms with van der Waals surface area (Å²) < 4.78 is 10.8. The first kappa shape index (κ1) is 11.8. The maximum Gasteiger partial charge on any atom is 0.339 e. The molecule has 1 aliphatic heterocycles. The zero-order valence-electron chi connectivity index (χ0n) is 10.2. The van der Waals surface area contributed by atoms with E-state index in [1.807, 2.05) is 6.07 Å². The van der Waals surface area contributed by atoms with E-state index in [0.717, 1.165) is 24.2 Å². The van der Waals surface area contributed by atoms with Crippen molar-refractivity contribution in [2.45, 2.75) is 37.7 Å². The lowest BCUT2D eigenvalue weighted by atomic mass is 9.81. The van der Waals surface area contributed by atoms with Gasteiger partial charge in [-0.3, -0.25) is 0 Å². The number of hydrogen-bond donors (Lipinski definition) is 0. The summed E-state index contributed by atoms with van der Waals surface area (Å²) in [6.45, 7) is 0. The summed E-state index contributed by atoms with van der Waals surface area (Å²) in [7, 11) is 1.38. The third kappa shape index (κ3) is 1.69. The Labute approximate surface area is 111 Å². The Morgan fingerprint density at radius 1 is 1.39 bits per heavy atom. The summed E-state index contributed by atoms with van der Waals surface area (Å²) in [6, 6.07) is 3.58. The van der Waals surface area contributed by atoms with Gasteiger partial charge in [0.2, 0.25) is 0 Å². The normalized spacial score (nSPS) is 25.0. The number of carbonyl (C=O) groups is 1. The highest BCUT2D eigenvalue weighted by atomic mass is 35.5. The topological polar surface area (TPSA) is 35.5 Å². The van der Waals surface area contributed by atoms with Gasteiger partial charge in [0, 0.05) is 11.5 Å². The molecule has 2 unspecified atom stereocenters. The highest BCUT2D eigenvalue weighted by Crippen LogP contribution is 2.48. The SMILES string of the molecule is COC(=O)c1c(Cl)ccc2c1C1CCCCC1O2. The molecule has 1 heterocycles. The van der Waals surface area contributed by atoms with Crippen LogP contribution in [0.1, 0.15) is 47.5 Å². The van der Waals surface area contributed by atoms with E-state index in [9.17, 15) is 4.79 Å². The minimum Gasteiger partial charge on any atom is -0.489 e. The minimum atomic E-state index is -0.369. The molecule has 18 heavy (non-hydrogen) atoms. The van der Waals surface area contributed by atoms with Crippen LogP contribution >= 0.6 is 11.6 Å². The van der Waals surface area contributed by atoms with Crippen LogP contribution in [-0.4, -0.2) is 19.2 Å². The molecule has 0 spiro atoms. The van der Waals surface area contributed by atoms with Crippen LogP contribution in [-0.2, 0) is 4.74 Å². The number of halogens is 1. The molecule has 0 aromatic heterocycles. The molecule has 2 atom stereocenters. The van der Waals surface area contributed by atoms with Crippen molar-refractivity contribution < 1.29 is 14.3 Å². The second kappa shape index (κ2) is 4.47. The van der Waals surface area contributed by atoms with Crippen molar-refractivity contribution in [2.75, 3.05) is 7.11 Å². The molecule has 0 amide bonds. The smallest absolute Gasteiger partial charge is 0.339 e. The Bertz CT molecular complexity index is 498. The summed E-state index contributed by atoms with van der Waals surface area (Å²) >= 11 is 6.16. The van der Waals surface area contributed by atoms with Gasteiger partial charge in [0.1, 0.15) is 11.9 Å². The minimum absolute atomic E-state index is 0.204. The number of esters is 1. The standard InChI is InChI=1S/C14H15ClO3/c1-17-14(16)13-9(15)6-7-11-12(13)8-4-2-3-5-10(8)18-11/h6-8,10H,2-5H2,1H3. The molecular formula is C14H15ClO3. The van der Waals surface area contributed by atoms with Gasteiger partial charge in [-0.2, -0.15) is 0 Å². The third-order valence-corrected chi connectivity index (χ3v) is 4.21. The van der Waals surface area contributed by atoms with E-state index in [1.54, 1.807) is 6.07 Å². The lowest BCUT2D eigenvalue weighted by molar-refractivity contribution is 0.0599. The second-order valence-electron chi connectivity index (χ2n) is 4.87. The van der Waals surface area contributed by atoms with Gasteiger partial charge in [0.25, 0.3) is 0 Å². The van der Waals surface area contributed by atoms with E-state index >= 15 is 0 Å². The predicted molar refractivity (Wildman–Crippen MR) is 68.4 cm³/mol. The van der Waals surface area contributed by atoms with Crippen molar-refractivity contribution in [3.8, 4) is 5.75 Å². The molecule has 3 rings (SSSR count). The fourth-order valence-electron chi connectivity index (χ4n) is 3.09. The van der Waals surface area contributed by atoms with Gasteiger partial charge in [-0.1, -0.05) is 18.0 Å². The first-order valence-electron chi connectivity index (χ1n) is 6.29. The number of rotatable bonds is 1. The second-order valence-corrected chi connectivity index (χ2v) is 5.28. The molecule has 1 saturated carbocycles. The Balaban J connectivity index is 2.12. The van der Waals surface area contributed by atoms with Crippen LogP contribution in [0.5, 0.6) is 5.75 Å². The molecule has 4 heteroatoms.